The van der Waals surface area contributed by atoms with Crippen LogP contribution in [0.15, 0.2) is 52.0 Å². The van der Waals surface area contributed by atoms with Gasteiger partial charge in [-0.15, -0.1) is 0 Å². The molecule has 0 spiro atoms. The third kappa shape index (κ3) is 3.63. The van der Waals surface area contributed by atoms with Gasteiger partial charge in [0.25, 0.3) is 11.9 Å². The summed E-state index contributed by atoms with van der Waals surface area (Å²) in [5.41, 5.74) is 5.47. The van der Waals surface area contributed by atoms with E-state index in [1.807, 2.05) is 23.1 Å². The number of fused-ring (bicyclic) bond motifs is 2. The molecule has 2 aromatic carbocycles. The number of hydrazone groups is 1. The molecule has 0 saturated carbocycles. The van der Waals surface area contributed by atoms with Gasteiger partial charge in [-0.1, -0.05) is 23.7 Å². The van der Waals surface area contributed by atoms with Crippen molar-refractivity contribution in [1.29, 1.82) is 5.41 Å². The van der Waals surface area contributed by atoms with E-state index >= 15 is 0 Å². The fourth-order valence-corrected chi connectivity index (χ4v) is 4.46. The largest absolute Gasteiger partial charge is 0.423 e. The number of nitrogens with one attached hydrogen (secondary N) is 2. The number of halogens is 1. The number of anilines is 2. The monoisotopic (exact) mass is 436 g/mol. The normalized spacial score (nSPS) is 20.5. The van der Waals surface area contributed by atoms with Crippen molar-refractivity contribution in [1.82, 2.24) is 9.88 Å². The van der Waals surface area contributed by atoms with Crippen LogP contribution in [0.2, 0.25) is 5.02 Å². The lowest BCUT2D eigenvalue weighted by molar-refractivity contribution is 0.0584. The van der Waals surface area contributed by atoms with Crippen LogP contribution in [-0.4, -0.2) is 53.9 Å². The zero-order valence-electron chi connectivity index (χ0n) is 16.7. The van der Waals surface area contributed by atoms with Crippen LogP contribution in [0.3, 0.4) is 0 Å². The second-order valence-corrected chi connectivity index (χ2v) is 8.17. The van der Waals surface area contributed by atoms with E-state index in [1.165, 1.54) is 6.21 Å². The molecule has 0 bridgehead atoms. The Morgan fingerprint density at radius 2 is 2.16 bits per heavy atom. The number of hydrogen-bond acceptors (Lipinski definition) is 7. The van der Waals surface area contributed by atoms with Crippen LogP contribution in [0.5, 0.6) is 0 Å². The minimum atomic E-state index is -0.0391. The Hall–Kier alpha value is -3.39. The maximum absolute atomic E-state index is 13.3. The van der Waals surface area contributed by atoms with E-state index in [-0.39, 0.29) is 11.9 Å². The number of amides is 1. The summed E-state index contributed by atoms with van der Waals surface area (Å²) in [7, 11) is 0. The first-order chi connectivity index (χ1) is 15.1. The molecule has 2 aliphatic heterocycles. The van der Waals surface area contributed by atoms with Gasteiger partial charge in [0.1, 0.15) is 5.52 Å². The van der Waals surface area contributed by atoms with Crippen molar-refractivity contribution in [2.24, 2.45) is 11.0 Å². The maximum Gasteiger partial charge on any atom is 0.298 e. The third-order valence-electron chi connectivity index (χ3n) is 5.92. The highest BCUT2D eigenvalue weighted by atomic mass is 35.5. The standard InChI is InChI=1S/C22H21ClN6O2/c23-15-5-6-20-18(11-15)26-22(31-20)29-12-14-7-10-28(13-19(14)29)21(30)16-3-1-2-4-17(16)27-25-9-8-24/h1-6,8-9,11,14,19,24,27H,7,10,12-13H2/b24-8?,25-9-. The molecule has 2 saturated heterocycles. The van der Waals surface area contributed by atoms with Crippen LogP contribution < -0.4 is 10.3 Å². The Morgan fingerprint density at radius 1 is 1.29 bits per heavy atom. The quantitative estimate of drug-likeness (QED) is 0.467. The smallest absolute Gasteiger partial charge is 0.298 e. The highest BCUT2D eigenvalue weighted by molar-refractivity contribution is 6.31. The van der Waals surface area contributed by atoms with Crippen molar-refractivity contribution < 1.29 is 9.21 Å². The summed E-state index contributed by atoms with van der Waals surface area (Å²) in [6, 6.07) is 13.4. The molecule has 2 atom stereocenters. The van der Waals surface area contributed by atoms with E-state index in [4.69, 9.17) is 21.4 Å². The Balaban J connectivity index is 1.33. The summed E-state index contributed by atoms with van der Waals surface area (Å²) in [6.07, 6.45) is 3.35. The molecule has 0 radical (unpaired) electrons. The minimum absolute atomic E-state index is 0.0391. The molecule has 3 heterocycles. The molecule has 1 aromatic heterocycles. The lowest BCUT2D eigenvalue weighted by Crippen LogP contribution is -2.65. The van der Waals surface area contributed by atoms with E-state index in [2.05, 4.69) is 20.4 Å². The van der Waals surface area contributed by atoms with E-state index in [0.29, 0.717) is 40.3 Å². The van der Waals surface area contributed by atoms with Crippen molar-refractivity contribution in [3.05, 3.63) is 53.1 Å². The average molecular weight is 437 g/mol. The molecule has 2 fully saturated rings. The first-order valence-corrected chi connectivity index (χ1v) is 10.5. The summed E-state index contributed by atoms with van der Waals surface area (Å²) in [5.74, 6) is 0.482. The van der Waals surface area contributed by atoms with E-state index in [0.717, 1.165) is 31.2 Å². The number of carbonyl (C=O) groups is 1. The number of rotatable bonds is 5. The molecule has 2 unspecified atom stereocenters. The zero-order valence-corrected chi connectivity index (χ0v) is 17.4. The van der Waals surface area contributed by atoms with Gasteiger partial charge in [-0.2, -0.15) is 10.1 Å². The van der Waals surface area contributed by atoms with Crippen LogP contribution in [0, 0.1) is 11.3 Å². The predicted octanol–water partition coefficient (Wildman–Crippen LogP) is 3.88. The van der Waals surface area contributed by atoms with Crippen LogP contribution >= 0.6 is 11.6 Å². The Labute approximate surface area is 184 Å². The van der Waals surface area contributed by atoms with Crippen molar-refractivity contribution in [2.45, 2.75) is 12.5 Å². The number of carbonyl (C=O) groups excluding carboxylic acids is 1. The van der Waals surface area contributed by atoms with Crippen LogP contribution in [-0.2, 0) is 0 Å². The Kier molecular flexibility index (Phi) is 5.07. The minimum Gasteiger partial charge on any atom is -0.423 e. The molecule has 2 aliphatic rings. The van der Waals surface area contributed by atoms with Gasteiger partial charge in [0.05, 0.1) is 23.5 Å². The van der Waals surface area contributed by atoms with Gasteiger partial charge in [0, 0.05) is 36.8 Å². The van der Waals surface area contributed by atoms with Crippen molar-refractivity contribution in [3.8, 4) is 0 Å². The Morgan fingerprint density at radius 3 is 3.03 bits per heavy atom. The summed E-state index contributed by atoms with van der Waals surface area (Å²) in [5, 5.41) is 11.6. The zero-order chi connectivity index (χ0) is 21.4. The number of nitrogens with zero attached hydrogens (tertiary/aromatic N) is 4. The molecule has 158 valence electrons. The lowest BCUT2D eigenvalue weighted by Gasteiger charge is -2.52. The fourth-order valence-electron chi connectivity index (χ4n) is 4.29. The number of oxazole rings is 1. The lowest BCUT2D eigenvalue weighted by atomic mass is 9.82. The Bertz CT molecular complexity index is 1180. The van der Waals surface area contributed by atoms with Crippen LogP contribution in [0.4, 0.5) is 11.7 Å². The second-order valence-electron chi connectivity index (χ2n) is 7.73. The van der Waals surface area contributed by atoms with Crippen molar-refractivity contribution in [3.63, 3.8) is 0 Å². The first kappa shape index (κ1) is 19.6. The number of piperidine rings is 1. The van der Waals surface area contributed by atoms with E-state index < -0.39 is 0 Å². The highest BCUT2D eigenvalue weighted by Gasteiger charge is 2.45. The van der Waals surface area contributed by atoms with Crippen molar-refractivity contribution in [2.75, 3.05) is 30.0 Å². The summed E-state index contributed by atoms with van der Waals surface area (Å²) in [6.45, 7) is 2.21. The van der Waals surface area contributed by atoms with Gasteiger partial charge in [0.2, 0.25) is 0 Å². The van der Waals surface area contributed by atoms with E-state index in [9.17, 15) is 4.79 Å². The number of likely N-dealkylation sites (tertiary alicyclic amines) is 1. The number of benzene rings is 2. The average Bonchev–Trinajstić information content (AvgIpc) is 3.17. The number of aromatic nitrogens is 1. The molecule has 1 amide bonds. The molecule has 5 rings (SSSR count). The SMILES string of the molecule is N=C/C=N\Nc1ccccc1C(=O)N1CCC2CN(c3nc4cc(Cl)ccc4o3)C2C1. The molecule has 8 nitrogen and oxygen atoms in total. The summed E-state index contributed by atoms with van der Waals surface area (Å²) < 4.78 is 5.94. The van der Waals surface area contributed by atoms with Crippen LogP contribution in [0.1, 0.15) is 16.8 Å². The van der Waals surface area contributed by atoms with Crippen LogP contribution in [0.25, 0.3) is 11.1 Å². The number of para-hydroxylation sites is 1. The van der Waals surface area contributed by atoms with Gasteiger partial charge in [0.15, 0.2) is 5.58 Å². The van der Waals surface area contributed by atoms with Gasteiger partial charge in [-0.25, -0.2) is 0 Å². The number of hydrogen-bond donors (Lipinski definition) is 2. The summed E-state index contributed by atoms with van der Waals surface area (Å²) >= 11 is 6.07. The molecular formula is C22H21ClN6O2. The van der Waals surface area contributed by atoms with Crippen molar-refractivity contribution >= 4 is 52.7 Å². The third-order valence-corrected chi connectivity index (χ3v) is 6.15. The first-order valence-electron chi connectivity index (χ1n) is 10.1. The van der Waals surface area contributed by atoms with E-state index in [1.54, 1.807) is 24.3 Å². The van der Waals surface area contributed by atoms with Gasteiger partial charge >= 0.3 is 0 Å². The summed E-state index contributed by atoms with van der Waals surface area (Å²) in [4.78, 5) is 21.9. The van der Waals surface area contributed by atoms with Gasteiger partial charge in [-0.05, 0) is 36.8 Å². The topological polar surface area (TPSA) is 97.8 Å². The molecule has 3 aromatic rings. The second kappa shape index (κ2) is 8.03. The fraction of sp³-hybridized carbons (Fsp3) is 0.273. The van der Waals surface area contributed by atoms with Gasteiger partial charge < -0.3 is 19.6 Å². The maximum atomic E-state index is 13.3. The molecule has 2 N–H and O–H groups in total. The molecular weight excluding hydrogens is 416 g/mol. The predicted molar refractivity (Wildman–Crippen MR) is 122 cm³/mol. The van der Waals surface area contributed by atoms with Gasteiger partial charge in [-0.3, -0.25) is 10.2 Å². The molecule has 31 heavy (non-hydrogen) atoms. The highest BCUT2D eigenvalue weighted by Crippen LogP contribution is 2.38. The molecule has 0 aliphatic carbocycles. The molecule has 9 heteroatoms.